The van der Waals surface area contributed by atoms with E-state index in [9.17, 15) is 9.90 Å². The van der Waals surface area contributed by atoms with Crippen LogP contribution in [0.15, 0.2) is 12.3 Å². The summed E-state index contributed by atoms with van der Waals surface area (Å²) in [4.78, 5) is 15.0. The van der Waals surface area contributed by atoms with Crippen molar-refractivity contribution in [3.63, 3.8) is 0 Å². The number of pyridine rings is 1. The van der Waals surface area contributed by atoms with Crippen LogP contribution in [0.3, 0.4) is 0 Å². The molecule has 0 aliphatic rings. The topological polar surface area (TPSA) is 82.5 Å². The molecule has 0 aliphatic heterocycles. The molecule has 0 aliphatic carbocycles. The Hall–Kier alpha value is -1.62. The van der Waals surface area contributed by atoms with Crippen LogP contribution in [0.2, 0.25) is 0 Å². The molecular weight excluding hydrogens is 220 g/mol. The van der Waals surface area contributed by atoms with Gasteiger partial charge in [-0.1, -0.05) is 13.8 Å². The van der Waals surface area contributed by atoms with E-state index in [-0.39, 0.29) is 24.1 Å². The van der Waals surface area contributed by atoms with E-state index in [4.69, 9.17) is 5.11 Å². The normalized spacial score (nSPS) is 12.5. The van der Waals surface area contributed by atoms with Crippen LogP contribution in [0.1, 0.15) is 29.9 Å². The number of aliphatic hydroxyl groups excluding tert-OH is 1. The lowest BCUT2D eigenvalue weighted by Crippen LogP contribution is -2.30. The van der Waals surface area contributed by atoms with E-state index in [0.717, 1.165) is 5.69 Å². The Bertz CT molecular complexity index is 405. The first kappa shape index (κ1) is 13.4. The number of anilines is 1. The summed E-state index contributed by atoms with van der Waals surface area (Å²) in [7, 11) is 0. The van der Waals surface area contributed by atoms with Crippen LogP contribution >= 0.6 is 0 Å². The van der Waals surface area contributed by atoms with Crippen LogP contribution < -0.4 is 5.32 Å². The van der Waals surface area contributed by atoms with Crippen molar-refractivity contribution in [1.82, 2.24) is 4.98 Å². The van der Waals surface area contributed by atoms with Gasteiger partial charge in [-0.05, 0) is 18.9 Å². The van der Waals surface area contributed by atoms with E-state index < -0.39 is 5.97 Å². The number of carbonyl (C=O) groups is 1. The highest BCUT2D eigenvalue weighted by Gasteiger charge is 2.16. The summed E-state index contributed by atoms with van der Waals surface area (Å²) in [5.74, 6) is -0.824. The number of nitrogens with zero attached hydrogens (tertiary/aromatic N) is 1. The molecule has 0 amide bonds. The van der Waals surface area contributed by atoms with Gasteiger partial charge in [-0.25, -0.2) is 4.79 Å². The number of carboxylic acids is 1. The molecule has 1 heterocycles. The van der Waals surface area contributed by atoms with Crippen molar-refractivity contribution < 1.29 is 15.0 Å². The largest absolute Gasteiger partial charge is 0.478 e. The number of hydrogen-bond acceptors (Lipinski definition) is 4. The van der Waals surface area contributed by atoms with Gasteiger partial charge in [0.1, 0.15) is 5.56 Å². The van der Waals surface area contributed by atoms with E-state index >= 15 is 0 Å². The van der Waals surface area contributed by atoms with Crippen LogP contribution in [0.5, 0.6) is 0 Å². The molecule has 1 unspecified atom stereocenters. The summed E-state index contributed by atoms with van der Waals surface area (Å²) in [6.45, 7) is 5.67. The fourth-order valence-corrected chi connectivity index (χ4v) is 1.47. The zero-order valence-corrected chi connectivity index (χ0v) is 10.3. The third-order valence-electron chi connectivity index (χ3n) is 2.61. The first-order chi connectivity index (χ1) is 7.95. The van der Waals surface area contributed by atoms with Gasteiger partial charge in [0.25, 0.3) is 0 Å². The van der Waals surface area contributed by atoms with Crippen LogP contribution in [0.25, 0.3) is 0 Å². The summed E-state index contributed by atoms with van der Waals surface area (Å²) in [6, 6.07) is 1.50. The highest BCUT2D eigenvalue weighted by atomic mass is 16.4. The summed E-state index contributed by atoms with van der Waals surface area (Å²) < 4.78 is 0. The maximum Gasteiger partial charge on any atom is 0.339 e. The van der Waals surface area contributed by atoms with Crippen molar-refractivity contribution in [3.8, 4) is 0 Å². The monoisotopic (exact) mass is 238 g/mol. The minimum absolute atomic E-state index is 0.0436. The lowest BCUT2D eigenvalue weighted by atomic mass is 10.0. The molecule has 3 N–H and O–H groups in total. The number of aryl methyl sites for hydroxylation is 1. The first-order valence-electron chi connectivity index (χ1n) is 5.53. The number of carboxylic acid groups (broad SMARTS) is 1. The van der Waals surface area contributed by atoms with E-state index in [0.29, 0.717) is 5.69 Å². The third kappa shape index (κ3) is 3.42. The fourth-order valence-electron chi connectivity index (χ4n) is 1.47. The molecule has 1 atom stereocenters. The molecule has 0 fully saturated rings. The standard InChI is InChI=1S/C12H18N2O3/c1-7(2)11(6-15)14-10-4-8(3)13-5-9(10)12(16)17/h4-5,7,11,15H,6H2,1-3H3,(H,13,14)(H,16,17). The van der Waals surface area contributed by atoms with E-state index in [1.807, 2.05) is 13.8 Å². The summed E-state index contributed by atoms with van der Waals surface area (Å²) in [6.07, 6.45) is 1.33. The van der Waals surface area contributed by atoms with Crippen LogP contribution in [-0.4, -0.2) is 33.8 Å². The molecule has 0 spiro atoms. The zero-order valence-electron chi connectivity index (χ0n) is 10.3. The number of hydrogen-bond donors (Lipinski definition) is 3. The fraction of sp³-hybridized carbons (Fsp3) is 0.500. The van der Waals surface area contributed by atoms with Crippen molar-refractivity contribution in [3.05, 3.63) is 23.5 Å². The highest BCUT2D eigenvalue weighted by Crippen LogP contribution is 2.18. The van der Waals surface area contributed by atoms with Gasteiger partial charge in [-0.2, -0.15) is 0 Å². The number of aromatic nitrogens is 1. The minimum atomic E-state index is -1.03. The molecule has 1 aromatic rings. The zero-order chi connectivity index (χ0) is 13.0. The first-order valence-corrected chi connectivity index (χ1v) is 5.53. The molecule has 1 rings (SSSR count). The van der Waals surface area contributed by atoms with E-state index in [1.54, 1.807) is 13.0 Å². The predicted molar refractivity (Wildman–Crippen MR) is 65.3 cm³/mol. The highest BCUT2D eigenvalue weighted by molar-refractivity contribution is 5.93. The van der Waals surface area contributed by atoms with Gasteiger partial charge in [0.2, 0.25) is 0 Å². The average molecular weight is 238 g/mol. The second-order valence-electron chi connectivity index (χ2n) is 4.35. The molecule has 1 aromatic heterocycles. The second kappa shape index (κ2) is 5.63. The minimum Gasteiger partial charge on any atom is -0.478 e. The molecule has 0 saturated heterocycles. The van der Waals surface area contributed by atoms with Gasteiger partial charge >= 0.3 is 5.97 Å². The summed E-state index contributed by atoms with van der Waals surface area (Å²) >= 11 is 0. The van der Waals surface area contributed by atoms with Crippen LogP contribution in [0.4, 0.5) is 5.69 Å². The van der Waals surface area contributed by atoms with E-state index in [2.05, 4.69) is 10.3 Å². The smallest absolute Gasteiger partial charge is 0.339 e. The SMILES string of the molecule is Cc1cc(NC(CO)C(C)C)c(C(=O)O)cn1. The molecule has 5 heteroatoms. The molecule has 0 bridgehead atoms. The second-order valence-corrected chi connectivity index (χ2v) is 4.35. The van der Waals surface area contributed by atoms with E-state index in [1.165, 1.54) is 6.20 Å². The van der Waals surface area contributed by atoms with Crippen molar-refractivity contribution in [1.29, 1.82) is 0 Å². The van der Waals surface area contributed by atoms with Gasteiger partial charge in [0.15, 0.2) is 0 Å². The molecule has 94 valence electrons. The summed E-state index contributed by atoms with van der Waals surface area (Å²) in [5, 5.41) is 21.3. The lowest BCUT2D eigenvalue weighted by molar-refractivity contribution is 0.0697. The Morgan fingerprint density at radius 1 is 1.53 bits per heavy atom. The maximum atomic E-state index is 11.0. The Labute approximate surface area is 101 Å². The molecule has 0 radical (unpaired) electrons. The van der Waals surface area contributed by atoms with Gasteiger partial charge in [-0.3, -0.25) is 4.98 Å². The quantitative estimate of drug-likeness (QED) is 0.724. The predicted octanol–water partition coefficient (Wildman–Crippen LogP) is 1.52. The Morgan fingerprint density at radius 2 is 2.18 bits per heavy atom. The van der Waals surface area contributed by atoms with Gasteiger partial charge in [-0.15, -0.1) is 0 Å². The molecule has 5 nitrogen and oxygen atoms in total. The molecule has 17 heavy (non-hydrogen) atoms. The average Bonchev–Trinajstić information content (AvgIpc) is 2.25. The van der Waals surface area contributed by atoms with Crippen LogP contribution in [-0.2, 0) is 0 Å². The number of aliphatic hydroxyl groups is 1. The van der Waals surface area contributed by atoms with Crippen molar-refractivity contribution in [2.75, 3.05) is 11.9 Å². The third-order valence-corrected chi connectivity index (χ3v) is 2.61. The number of aromatic carboxylic acids is 1. The van der Waals surface area contributed by atoms with Crippen molar-refractivity contribution in [2.24, 2.45) is 5.92 Å². The Morgan fingerprint density at radius 3 is 2.65 bits per heavy atom. The van der Waals surface area contributed by atoms with Crippen LogP contribution in [0, 0.1) is 12.8 Å². The van der Waals surface area contributed by atoms with Gasteiger partial charge < -0.3 is 15.5 Å². The molecule has 0 aromatic carbocycles. The van der Waals surface area contributed by atoms with Crippen molar-refractivity contribution >= 4 is 11.7 Å². The maximum absolute atomic E-state index is 11.0. The summed E-state index contributed by atoms with van der Waals surface area (Å²) in [5.41, 5.74) is 1.35. The molecule has 0 saturated carbocycles. The number of nitrogens with one attached hydrogen (secondary N) is 1. The van der Waals surface area contributed by atoms with Gasteiger partial charge in [0, 0.05) is 11.9 Å². The lowest BCUT2D eigenvalue weighted by Gasteiger charge is -2.22. The Balaban J connectivity index is 3.03. The molecular formula is C12H18N2O3. The van der Waals surface area contributed by atoms with Gasteiger partial charge in [0.05, 0.1) is 18.3 Å². The number of rotatable bonds is 5. The van der Waals surface area contributed by atoms with Crippen molar-refractivity contribution in [2.45, 2.75) is 26.8 Å². The Kier molecular flexibility index (Phi) is 4.45.